The number of carbonyl (C=O) groups is 1. The lowest BCUT2D eigenvalue weighted by Crippen LogP contribution is -2.52. The Morgan fingerprint density at radius 1 is 1.36 bits per heavy atom. The highest BCUT2D eigenvalue weighted by molar-refractivity contribution is 5.86. The molecule has 0 bridgehead atoms. The minimum absolute atomic E-state index is 0.103. The number of nitrogens with one attached hydrogen (secondary N) is 1. The van der Waals surface area contributed by atoms with Crippen molar-refractivity contribution in [3.05, 3.63) is 36.0 Å². The van der Waals surface area contributed by atoms with Gasteiger partial charge in [-0.1, -0.05) is 12.1 Å². The molecule has 1 aromatic carbocycles. The Bertz CT molecular complexity index is 749. The number of amides is 1. The second-order valence-electron chi connectivity index (χ2n) is 6.44. The van der Waals surface area contributed by atoms with Gasteiger partial charge in [-0.2, -0.15) is 0 Å². The van der Waals surface area contributed by atoms with Crippen LogP contribution < -0.4 is 10.1 Å². The van der Waals surface area contributed by atoms with Crippen molar-refractivity contribution < 1.29 is 19.4 Å². The van der Waals surface area contributed by atoms with E-state index in [2.05, 4.69) is 10.3 Å². The summed E-state index contributed by atoms with van der Waals surface area (Å²) in [5.41, 5.74) is 1.67. The van der Waals surface area contributed by atoms with Crippen LogP contribution in [0, 0.1) is 6.92 Å². The number of carbonyl (C=O) groups excluding carboxylic acids is 1. The minimum atomic E-state index is -0.688. The van der Waals surface area contributed by atoms with E-state index in [1.807, 2.05) is 37.3 Å². The third-order valence-electron chi connectivity index (χ3n) is 4.61. The van der Waals surface area contributed by atoms with Gasteiger partial charge in [0.05, 0.1) is 17.7 Å². The average molecular weight is 344 g/mol. The van der Waals surface area contributed by atoms with Gasteiger partial charge in [-0.25, -0.2) is 0 Å². The molecule has 1 saturated carbocycles. The maximum atomic E-state index is 12.2. The molecule has 1 heterocycles. The molecule has 134 valence electrons. The van der Waals surface area contributed by atoms with E-state index in [0.29, 0.717) is 5.75 Å². The first-order valence-corrected chi connectivity index (χ1v) is 8.58. The van der Waals surface area contributed by atoms with Crippen molar-refractivity contribution >= 4 is 16.8 Å². The van der Waals surface area contributed by atoms with Gasteiger partial charge in [-0.15, -0.1) is 0 Å². The van der Waals surface area contributed by atoms with Crippen molar-refractivity contribution in [1.29, 1.82) is 0 Å². The molecule has 0 saturated heterocycles. The van der Waals surface area contributed by atoms with Crippen LogP contribution in [-0.2, 0) is 9.53 Å². The van der Waals surface area contributed by atoms with E-state index in [0.717, 1.165) is 35.9 Å². The number of aliphatic hydroxyl groups is 1. The third-order valence-corrected chi connectivity index (χ3v) is 4.61. The molecule has 1 aliphatic rings. The van der Waals surface area contributed by atoms with E-state index >= 15 is 0 Å². The number of para-hydroxylation sites is 1. The maximum absolute atomic E-state index is 12.2. The monoisotopic (exact) mass is 344 g/mol. The summed E-state index contributed by atoms with van der Waals surface area (Å²) < 4.78 is 11.0. The SMILES string of the molecule is CO[C@@H]1CCC[C@@H](NC(=O)COc2cc(C)nc3ccccc23)[C@H]1O. The molecule has 0 radical (unpaired) electrons. The summed E-state index contributed by atoms with van der Waals surface area (Å²) in [6, 6.07) is 9.19. The van der Waals surface area contributed by atoms with Gasteiger partial charge < -0.3 is 19.9 Å². The van der Waals surface area contributed by atoms with Crippen LogP contribution in [-0.4, -0.2) is 48.0 Å². The summed E-state index contributed by atoms with van der Waals surface area (Å²) in [7, 11) is 1.58. The Labute approximate surface area is 147 Å². The number of pyridine rings is 1. The molecule has 1 fully saturated rings. The zero-order valence-electron chi connectivity index (χ0n) is 14.6. The van der Waals surface area contributed by atoms with Crippen molar-refractivity contribution in [2.24, 2.45) is 0 Å². The molecule has 0 unspecified atom stereocenters. The largest absolute Gasteiger partial charge is 0.483 e. The van der Waals surface area contributed by atoms with Crippen molar-refractivity contribution in [3.63, 3.8) is 0 Å². The number of aryl methyl sites for hydroxylation is 1. The molecule has 1 aromatic heterocycles. The lowest BCUT2D eigenvalue weighted by molar-refractivity contribution is -0.126. The normalized spacial score (nSPS) is 23.4. The van der Waals surface area contributed by atoms with Crippen LogP contribution in [0.25, 0.3) is 10.9 Å². The molecule has 3 rings (SSSR count). The minimum Gasteiger partial charge on any atom is -0.483 e. The maximum Gasteiger partial charge on any atom is 0.258 e. The molecule has 2 N–H and O–H groups in total. The number of nitrogens with zero attached hydrogens (tertiary/aromatic N) is 1. The fourth-order valence-corrected chi connectivity index (χ4v) is 3.33. The number of methoxy groups -OCH3 is 1. The number of aromatic nitrogens is 1. The van der Waals surface area contributed by atoms with Gasteiger partial charge in [-0.05, 0) is 38.3 Å². The van der Waals surface area contributed by atoms with Gasteiger partial charge >= 0.3 is 0 Å². The Balaban J connectivity index is 1.63. The molecule has 3 atom stereocenters. The van der Waals surface area contributed by atoms with Crippen LogP contribution >= 0.6 is 0 Å². The topological polar surface area (TPSA) is 80.7 Å². The number of fused-ring (bicyclic) bond motifs is 1. The molecule has 0 aliphatic heterocycles. The third kappa shape index (κ3) is 4.08. The summed E-state index contributed by atoms with van der Waals surface area (Å²) >= 11 is 0. The Kier molecular flexibility index (Phi) is 5.50. The molecular formula is C19H24N2O4. The molecule has 1 aliphatic carbocycles. The van der Waals surface area contributed by atoms with E-state index in [1.54, 1.807) is 7.11 Å². The van der Waals surface area contributed by atoms with Gasteiger partial charge in [0, 0.05) is 24.3 Å². The standard InChI is InChI=1S/C19H24N2O4/c1-12-10-17(13-6-3-4-7-14(13)20-12)25-11-18(22)21-15-8-5-9-16(24-2)19(15)23/h3-4,6-7,10,15-16,19,23H,5,8-9,11H2,1-2H3,(H,21,22)/t15-,16-,19-/m1/s1. The highest BCUT2D eigenvalue weighted by Gasteiger charge is 2.32. The molecule has 6 heteroatoms. The Hall–Kier alpha value is -2.18. The summed E-state index contributed by atoms with van der Waals surface area (Å²) in [5.74, 6) is 0.386. The molecular weight excluding hydrogens is 320 g/mol. The van der Waals surface area contributed by atoms with E-state index in [9.17, 15) is 9.90 Å². The number of hydrogen-bond acceptors (Lipinski definition) is 5. The first-order valence-electron chi connectivity index (χ1n) is 8.58. The fourth-order valence-electron chi connectivity index (χ4n) is 3.33. The fraction of sp³-hybridized carbons (Fsp3) is 0.474. The molecule has 6 nitrogen and oxygen atoms in total. The van der Waals surface area contributed by atoms with Crippen LogP contribution in [0.15, 0.2) is 30.3 Å². The van der Waals surface area contributed by atoms with Crippen LogP contribution in [0.1, 0.15) is 25.0 Å². The number of aliphatic hydroxyl groups excluding tert-OH is 1. The first-order chi connectivity index (χ1) is 12.1. The lowest BCUT2D eigenvalue weighted by Gasteiger charge is -2.34. The predicted octanol–water partition coefficient (Wildman–Crippen LogP) is 1.97. The van der Waals surface area contributed by atoms with Gasteiger partial charge in [-0.3, -0.25) is 9.78 Å². The van der Waals surface area contributed by atoms with Gasteiger partial charge in [0.2, 0.25) is 0 Å². The first kappa shape index (κ1) is 17.6. The van der Waals surface area contributed by atoms with Gasteiger partial charge in [0.25, 0.3) is 5.91 Å². The van der Waals surface area contributed by atoms with Crippen LogP contribution in [0.3, 0.4) is 0 Å². The highest BCUT2D eigenvalue weighted by Crippen LogP contribution is 2.25. The smallest absolute Gasteiger partial charge is 0.258 e. The number of rotatable bonds is 5. The second-order valence-corrected chi connectivity index (χ2v) is 6.44. The number of hydrogen-bond donors (Lipinski definition) is 2. The van der Waals surface area contributed by atoms with E-state index in [-0.39, 0.29) is 24.7 Å². The lowest BCUT2D eigenvalue weighted by atomic mass is 9.90. The van der Waals surface area contributed by atoms with Crippen LogP contribution in [0.2, 0.25) is 0 Å². The Morgan fingerprint density at radius 2 is 2.16 bits per heavy atom. The predicted molar refractivity (Wildman–Crippen MR) is 94.6 cm³/mol. The molecule has 25 heavy (non-hydrogen) atoms. The van der Waals surface area contributed by atoms with Crippen molar-refractivity contribution in [3.8, 4) is 5.75 Å². The highest BCUT2D eigenvalue weighted by atomic mass is 16.5. The van der Waals surface area contributed by atoms with E-state index in [1.165, 1.54) is 0 Å². The zero-order valence-corrected chi connectivity index (χ0v) is 14.6. The molecule has 0 spiro atoms. The zero-order chi connectivity index (χ0) is 17.8. The van der Waals surface area contributed by atoms with Gasteiger partial charge in [0.15, 0.2) is 6.61 Å². The average Bonchev–Trinajstić information content (AvgIpc) is 2.61. The summed E-state index contributed by atoms with van der Waals surface area (Å²) in [4.78, 5) is 16.7. The van der Waals surface area contributed by atoms with Crippen LogP contribution in [0.5, 0.6) is 5.75 Å². The summed E-state index contributed by atoms with van der Waals surface area (Å²) in [5, 5.41) is 14.0. The summed E-state index contributed by atoms with van der Waals surface area (Å²) in [6.45, 7) is 1.79. The quantitative estimate of drug-likeness (QED) is 0.867. The number of ether oxygens (including phenoxy) is 2. The van der Waals surface area contributed by atoms with Crippen LogP contribution in [0.4, 0.5) is 0 Å². The molecule has 2 aromatic rings. The van der Waals surface area contributed by atoms with E-state index in [4.69, 9.17) is 9.47 Å². The van der Waals surface area contributed by atoms with Crippen molar-refractivity contribution in [2.45, 2.75) is 44.4 Å². The molecule has 1 amide bonds. The van der Waals surface area contributed by atoms with E-state index < -0.39 is 6.10 Å². The Morgan fingerprint density at radius 3 is 2.96 bits per heavy atom. The summed E-state index contributed by atoms with van der Waals surface area (Å²) in [6.07, 6.45) is 1.54. The van der Waals surface area contributed by atoms with Gasteiger partial charge in [0.1, 0.15) is 11.9 Å². The van der Waals surface area contributed by atoms with Crippen molar-refractivity contribution in [2.75, 3.05) is 13.7 Å². The van der Waals surface area contributed by atoms with Crippen molar-refractivity contribution in [1.82, 2.24) is 10.3 Å². The second kappa shape index (κ2) is 7.80. The number of benzene rings is 1.